The number of rotatable bonds is 4. The second kappa shape index (κ2) is 5.16. The van der Waals surface area contributed by atoms with Crippen LogP contribution >= 0.6 is 0 Å². The minimum atomic E-state index is -4.29. The first kappa shape index (κ1) is 12.8. The molecule has 0 fully saturated rings. The maximum Gasteiger partial charge on any atom is 0.405 e. The van der Waals surface area contributed by atoms with Crippen LogP contribution in [0, 0.1) is 6.92 Å². The molecule has 1 heterocycles. The van der Waals surface area contributed by atoms with Crippen LogP contribution in [0.2, 0.25) is 0 Å². The van der Waals surface area contributed by atoms with Gasteiger partial charge in [0.2, 0.25) is 0 Å². The summed E-state index contributed by atoms with van der Waals surface area (Å²) in [5.74, 6) is 0. The summed E-state index contributed by atoms with van der Waals surface area (Å²) in [5.41, 5.74) is 1.10. The smallest absolute Gasteiger partial charge is 0.395 e. The van der Waals surface area contributed by atoms with Gasteiger partial charge in [-0.05, 0) is 18.6 Å². The molecule has 0 spiro atoms. The summed E-state index contributed by atoms with van der Waals surface area (Å²) >= 11 is 0. The van der Waals surface area contributed by atoms with Crippen LogP contribution in [-0.2, 0) is 0 Å². The zero-order valence-corrected chi connectivity index (χ0v) is 8.83. The van der Waals surface area contributed by atoms with Gasteiger partial charge in [0, 0.05) is 24.6 Å². The average molecular weight is 234 g/mol. The molecule has 1 aromatic heterocycles. The Bertz CT molecular complexity index is 341. The molecule has 16 heavy (non-hydrogen) atoms. The maximum absolute atomic E-state index is 12.3. The fourth-order valence-electron chi connectivity index (χ4n) is 1.44. The summed E-state index contributed by atoms with van der Waals surface area (Å²) in [6, 6.07) is 1.51. The average Bonchev–Trinajstić information content (AvgIpc) is 2.16. The Kier molecular flexibility index (Phi) is 4.12. The Morgan fingerprint density at radius 3 is 2.62 bits per heavy atom. The zero-order chi connectivity index (χ0) is 12.2. The van der Waals surface area contributed by atoms with Crippen molar-refractivity contribution in [2.75, 3.05) is 24.6 Å². The molecular weight excluding hydrogens is 221 g/mol. The molecule has 0 unspecified atom stereocenters. The molecule has 0 bridgehead atoms. The fraction of sp³-hybridized carbons (Fsp3) is 0.500. The van der Waals surface area contributed by atoms with E-state index in [1.54, 1.807) is 6.92 Å². The molecule has 0 saturated heterocycles. The van der Waals surface area contributed by atoms with Gasteiger partial charge in [0.25, 0.3) is 0 Å². The van der Waals surface area contributed by atoms with E-state index in [2.05, 4.69) is 4.98 Å². The third-order valence-electron chi connectivity index (χ3n) is 2.07. The highest BCUT2D eigenvalue weighted by Crippen LogP contribution is 2.23. The first-order chi connectivity index (χ1) is 7.44. The number of alkyl halides is 3. The predicted octanol–water partition coefficient (Wildman–Crippen LogP) is 1.75. The molecule has 0 radical (unpaired) electrons. The lowest BCUT2D eigenvalue weighted by Crippen LogP contribution is -2.36. The fourth-order valence-corrected chi connectivity index (χ4v) is 1.44. The molecule has 0 saturated carbocycles. The highest BCUT2D eigenvalue weighted by molar-refractivity contribution is 5.51. The van der Waals surface area contributed by atoms with Crippen molar-refractivity contribution >= 4 is 5.69 Å². The Morgan fingerprint density at radius 2 is 2.12 bits per heavy atom. The number of aliphatic hydroxyl groups excluding tert-OH is 1. The van der Waals surface area contributed by atoms with Crippen LogP contribution in [0.4, 0.5) is 18.9 Å². The van der Waals surface area contributed by atoms with E-state index in [-0.39, 0.29) is 13.2 Å². The number of aliphatic hydroxyl groups is 1. The van der Waals surface area contributed by atoms with E-state index in [0.29, 0.717) is 11.3 Å². The number of aryl methyl sites for hydroxylation is 1. The molecule has 0 aliphatic carbocycles. The van der Waals surface area contributed by atoms with E-state index in [1.807, 2.05) is 0 Å². The van der Waals surface area contributed by atoms with Crippen LogP contribution in [0.15, 0.2) is 18.5 Å². The monoisotopic (exact) mass is 234 g/mol. The van der Waals surface area contributed by atoms with Gasteiger partial charge >= 0.3 is 6.18 Å². The lowest BCUT2D eigenvalue weighted by Gasteiger charge is -2.26. The number of aromatic nitrogens is 1. The summed E-state index contributed by atoms with van der Waals surface area (Å²) in [6.45, 7) is 0.240. The Hall–Kier alpha value is -1.30. The first-order valence-corrected chi connectivity index (χ1v) is 4.77. The molecular formula is C10H13F3N2O. The van der Waals surface area contributed by atoms with Crippen molar-refractivity contribution in [2.45, 2.75) is 13.1 Å². The predicted molar refractivity (Wildman–Crippen MR) is 54.3 cm³/mol. The molecule has 1 N–H and O–H groups in total. The minimum Gasteiger partial charge on any atom is -0.395 e. The van der Waals surface area contributed by atoms with E-state index in [9.17, 15) is 13.2 Å². The van der Waals surface area contributed by atoms with Crippen molar-refractivity contribution in [3.8, 4) is 0 Å². The number of pyridine rings is 1. The van der Waals surface area contributed by atoms with Gasteiger partial charge in [0.05, 0.1) is 6.61 Å². The molecule has 1 aromatic rings. The van der Waals surface area contributed by atoms with E-state index >= 15 is 0 Å². The van der Waals surface area contributed by atoms with Crippen LogP contribution in [0.25, 0.3) is 0 Å². The third kappa shape index (κ3) is 3.69. The van der Waals surface area contributed by atoms with Gasteiger partial charge in [-0.1, -0.05) is 0 Å². The van der Waals surface area contributed by atoms with Gasteiger partial charge in [0.15, 0.2) is 0 Å². The van der Waals surface area contributed by atoms with Crippen molar-refractivity contribution in [3.63, 3.8) is 0 Å². The maximum atomic E-state index is 12.3. The summed E-state index contributed by atoms with van der Waals surface area (Å²) in [6.07, 6.45) is -1.36. The van der Waals surface area contributed by atoms with Crippen LogP contribution in [0.3, 0.4) is 0 Å². The molecule has 0 aliphatic heterocycles. The molecule has 0 amide bonds. The summed E-state index contributed by atoms with van der Waals surface area (Å²) in [5, 5.41) is 8.76. The lowest BCUT2D eigenvalue weighted by molar-refractivity contribution is -0.119. The molecule has 1 rings (SSSR count). The van der Waals surface area contributed by atoms with Gasteiger partial charge in [-0.25, -0.2) is 0 Å². The van der Waals surface area contributed by atoms with Crippen LogP contribution < -0.4 is 4.90 Å². The molecule has 6 heteroatoms. The highest BCUT2D eigenvalue weighted by atomic mass is 19.4. The molecule has 3 nitrogen and oxygen atoms in total. The topological polar surface area (TPSA) is 36.4 Å². The SMILES string of the molecule is Cc1cnccc1N(CCO)CC(F)(F)F. The van der Waals surface area contributed by atoms with Crippen LogP contribution in [0.5, 0.6) is 0 Å². The summed E-state index contributed by atoms with van der Waals surface area (Å²) in [4.78, 5) is 4.91. The Labute approximate surface area is 91.5 Å². The van der Waals surface area contributed by atoms with Crippen molar-refractivity contribution < 1.29 is 18.3 Å². The second-order valence-electron chi connectivity index (χ2n) is 3.42. The number of hydrogen-bond donors (Lipinski definition) is 1. The molecule has 0 atom stereocenters. The Balaban J connectivity index is 2.89. The van der Waals surface area contributed by atoms with Crippen molar-refractivity contribution in [2.24, 2.45) is 0 Å². The first-order valence-electron chi connectivity index (χ1n) is 4.77. The lowest BCUT2D eigenvalue weighted by atomic mass is 10.2. The largest absolute Gasteiger partial charge is 0.405 e. The number of anilines is 1. The summed E-state index contributed by atoms with van der Waals surface area (Å²) in [7, 11) is 0. The van der Waals surface area contributed by atoms with E-state index in [1.165, 1.54) is 18.5 Å². The van der Waals surface area contributed by atoms with Gasteiger partial charge < -0.3 is 10.0 Å². The number of halogens is 3. The van der Waals surface area contributed by atoms with Crippen LogP contribution in [0.1, 0.15) is 5.56 Å². The molecule has 0 aromatic carbocycles. The summed E-state index contributed by atoms with van der Waals surface area (Å²) < 4.78 is 36.9. The standard InChI is InChI=1S/C10H13F3N2O/c1-8-6-14-3-2-9(8)15(4-5-16)7-10(11,12)13/h2-3,6,16H,4-5,7H2,1H3. The van der Waals surface area contributed by atoms with E-state index in [0.717, 1.165) is 4.90 Å². The molecule has 0 aliphatic rings. The zero-order valence-electron chi connectivity index (χ0n) is 8.83. The normalized spacial score (nSPS) is 11.6. The number of nitrogens with zero attached hydrogens (tertiary/aromatic N) is 2. The second-order valence-corrected chi connectivity index (χ2v) is 3.42. The van der Waals surface area contributed by atoms with Crippen LogP contribution in [-0.4, -0.2) is 36.0 Å². The Morgan fingerprint density at radius 1 is 1.44 bits per heavy atom. The highest BCUT2D eigenvalue weighted by Gasteiger charge is 2.31. The number of hydrogen-bond acceptors (Lipinski definition) is 3. The molecule has 90 valence electrons. The van der Waals surface area contributed by atoms with Gasteiger partial charge in [-0.2, -0.15) is 13.2 Å². The van der Waals surface area contributed by atoms with Crippen molar-refractivity contribution in [3.05, 3.63) is 24.0 Å². The van der Waals surface area contributed by atoms with Gasteiger partial charge in [0.1, 0.15) is 6.54 Å². The van der Waals surface area contributed by atoms with Gasteiger partial charge in [-0.15, -0.1) is 0 Å². The quantitative estimate of drug-likeness (QED) is 0.862. The van der Waals surface area contributed by atoms with Crippen molar-refractivity contribution in [1.82, 2.24) is 4.98 Å². The van der Waals surface area contributed by atoms with Gasteiger partial charge in [-0.3, -0.25) is 4.98 Å². The minimum absolute atomic E-state index is 0.0512. The third-order valence-corrected chi connectivity index (χ3v) is 2.07. The van der Waals surface area contributed by atoms with E-state index in [4.69, 9.17) is 5.11 Å². The van der Waals surface area contributed by atoms with Crippen molar-refractivity contribution in [1.29, 1.82) is 0 Å². The van der Waals surface area contributed by atoms with E-state index < -0.39 is 12.7 Å².